The van der Waals surface area contributed by atoms with E-state index in [2.05, 4.69) is 5.32 Å². The number of nitrogen functional groups attached to an aromatic ring is 1. The van der Waals surface area contributed by atoms with Gasteiger partial charge >= 0.3 is 0 Å². The highest BCUT2D eigenvalue weighted by molar-refractivity contribution is 5.95. The van der Waals surface area contributed by atoms with Crippen molar-refractivity contribution in [2.24, 2.45) is 11.6 Å². The molecule has 1 atom stereocenters. The van der Waals surface area contributed by atoms with Gasteiger partial charge in [0.2, 0.25) is 0 Å². The van der Waals surface area contributed by atoms with Crippen LogP contribution in [0.15, 0.2) is 36.4 Å². The second kappa shape index (κ2) is 12.8. The van der Waals surface area contributed by atoms with E-state index < -0.39 is 17.8 Å². The van der Waals surface area contributed by atoms with Crippen LogP contribution in [-0.2, 0) is 4.79 Å². The number of carbonyl (C=O) groups is 1. The van der Waals surface area contributed by atoms with Gasteiger partial charge in [0, 0.05) is 22.9 Å². The van der Waals surface area contributed by atoms with Crippen LogP contribution in [0, 0.1) is 11.2 Å². The van der Waals surface area contributed by atoms with Crippen molar-refractivity contribution in [2.45, 2.75) is 32.9 Å². The molecule has 0 aromatic heterocycles. The third kappa shape index (κ3) is 7.46. The summed E-state index contributed by atoms with van der Waals surface area (Å²) in [7, 11) is 0. The Labute approximate surface area is 193 Å². The van der Waals surface area contributed by atoms with Gasteiger partial charge in [-0.05, 0) is 51.1 Å². The van der Waals surface area contributed by atoms with Crippen LogP contribution in [0.2, 0.25) is 0 Å². The molecule has 0 fully saturated rings. The molecule has 0 bridgehead atoms. The van der Waals surface area contributed by atoms with E-state index in [9.17, 15) is 9.18 Å². The zero-order valence-electron chi connectivity index (χ0n) is 17.4. The first kappa shape index (κ1) is 28.2. The van der Waals surface area contributed by atoms with Crippen LogP contribution in [0.1, 0.15) is 37.9 Å². The van der Waals surface area contributed by atoms with Crippen molar-refractivity contribution in [1.29, 1.82) is 5.41 Å². The van der Waals surface area contributed by atoms with Crippen molar-refractivity contribution in [3.8, 4) is 11.5 Å². The summed E-state index contributed by atoms with van der Waals surface area (Å²) in [6, 6.07) is 7.98. The first-order chi connectivity index (χ1) is 13.8. The summed E-state index contributed by atoms with van der Waals surface area (Å²) < 4.78 is 26.1. The first-order valence-corrected chi connectivity index (χ1v) is 9.11. The molecule has 1 amide bonds. The third-order valence-corrected chi connectivity index (χ3v) is 3.95. The van der Waals surface area contributed by atoms with Crippen LogP contribution in [0.25, 0.3) is 0 Å². The maximum Gasteiger partial charge on any atom is 0.261 e. The molecule has 0 heterocycles. The van der Waals surface area contributed by atoms with Crippen LogP contribution < -0.4 is 31.8 Å². The molecule has 0 saturated carbocycles. The molecule has 0 radical (unpaired) electrons. The second-order valence-electron chi connectivity index (χ2n) is 6.50. The van der Waals surface area contributed by atoms with Gasteiger partial charge in [0.1, 0.15) is 17.7 Å². The number of nitrogens with two attached hydrogens (primary N) is 2. The monoisotopic (exact) mass is 475 g/mol. The molecular formula is C20H28Cl2FN5O3. The number of nitrogens with one attached hydrogen (secondary N) is 3. The van der Waals surface area contributed by atoms with Crippen molar-refractivity contribution in [3.63, 3.8) is 0 Å². The summed E-state index contributed by atoms with van der Waals surface area (Å²) in [6.07, 6.45) is -0.180. The van der Waals surface area contributed by atoms with E-state index in [4.69, 9.17) is 26.5 Å². The average Bonchev–Trinajstić information content (AvgIpc) is 2.68. The van der Waals surface area contributed by atoms with Gasteiger partial charge in [-0.2, -0.15) is 0 Å². The molecule has 0 aliphatic carbocycles. The number of hydrogen-bond donors (Lipinski definition) is 5. The molecule has 172 valence electrons. The molecule has 31 heavy (non-hydrogen) atoms. The fourth-order valence-corrected chi connectivity index (χ4v) is 2.67. The molecule has 2 aromatic carbocycles. The lowest BCUT2D eigenvalue weighted by atomic mass is 10.0. The Kier molecular flexibility index (Phi) is 11.7. The van der Waals surface area contributed by atoms with E-state index in [0.29, 0.717) is 23.6 Å². The normalized spacial score (nSPS) is 10.9. The summed E-state index contributed by atoms with van der Waals surface area (Å²) in [5, 5.41) is 10.4. The van der Waals surface area contributed by atoms with Crippen molar-refractivity contribution >= 4 is 42.2 Å². The predicted octanol–water partition coefficient (Wildman–Crippen LogP) is 3.28. The SMILES string of the molecule is CCOc1cc(C(Nc2ccc(C(=N)N)cc2)C(=O)NN)c(F)cc1OC(C)C.Cl.Cl. The third-order valence-electron chi connectivity index (χ3n) is 3.95. The largest absolute Gasteiger partial charge is 0.490 e. The maximum absolute atomic E-state index is 14.9. The van der Waals surface area contributed by atoms with Crippen LogP contribution in [0.5, 0.6) is 11.5 Å². The smallest absolute Gasteiger partial charge is 0.261 e. The van der Waals surface area contributed by atoms with Gasteiger partial charge in [0.25, 0.3) is 5.91 Å². The number of hydrazine groups is 1. The molecule has 7 N–H and O–H groups in total. The van der Waals surface area contributed by atoms with Crippen LogP contribution in [0.4, 0.5) is 10.1 Å². The van der Waals surface area contributed by atoms with Crippen molar-refractivity contribution in [1.82, 2.24) is 5.43 Å². The minimum atomic E-state index is -1.13. The van der Waals surface area contributed by atoms with E-state index >= 15 is 0 Å². The minimum absolute atomic E-state index is 0. The molecular weight excluding hydrogens is 448 g/mol. The number of anilines is 1. The summed E-state index contributed by atoms with van der Waals surface area (Å²) in [5.74, 6) is 4.51. The van der Waals surface area contributed by atoms with Crippen LogP contribution >= 0.6 is 24.8 Å². The number of halogens is 3. The van der Waals surface area contributed by atoms with E-state index in [1.54, 1.807) is 31.2 Å². The van der Waals surface area contributed by atoms with Crippen LogP contribution in [0.3, 0.4) is 0 Å². The molecule has 0 aliphatic rings. The van der Waals surface area contributed by atoms with Gasteiger partial charge < -0.3 is 20.5 Å². The average molecular weight is 476 g/mol. The predicted molar refractivity (Wildman–Crippen MR) is 124 cm³/mol. The summed E-state index contributed by atoms with van der Waals surface area (Å²) in [6.45, 7) is 5.77. The fourth-order valence-electron chi connectivity index (χ4n) is 2.67. The summed E-state index contributed by atoms with van der Waals surface area (Å²) in [5.41, 5.74) is 8.58. The van der Waals surface area contributed by atoms with Gasteiger partial charge in [-0.15, -0.1) is 24.8 Å². The van der Waals surface area contributed by atoms with E-state index in [0.717, 1.165) is 0 Å². The number of amidine groups is 1. The lowest BCUT2D eigenvalue weighted by Crippen LogP contribution is -2.38. The number of hydrogen-bond acceptors (Lipinski definition) is 6. The summed E-state index contributed by atoms with van der Waals surface area (Å²) >= 11 is 0. The Balaban J connectivity index is 0.00000450. The lowest BCUT2D eigenvalue weighted by molar-refractivity contribution is -0.122. The highest BCUT2D eigenvalue weighted by Gasteiger charge is 2.26. The summed E-state index contributed by atoms with van der Waals surface area (Å²) in [4.78, 5) is 12.4. The van der Waals surface area contributed by atoms with Gasteiger partial charge in [0.15, 0.2) is 11.5 Å². The number of rotatable bonds is 9. The molecule has 0 aliphatic heterocycles. The zero-order chi connectivity index (χ0) is 21.6. The number of ether oxygens (including phenoxy) is 2. The number of amides is 1. The first-order valence-electron chi connectivity index (χ1n) is 9.11. The topological polar surface area (TPSA) is 135 Å². The highest BCUT2D eigenvalue weighted by Crippen LogP contribution is 2.35. The molecule has 2 rings (SSSR count). The van der Waals surface area contributed by atoms with E-state index in [1.807, 2.05) is 19.3 Å². The Hall–Kier alpha value is -2.75. The quantitative estimate of drug-likeness (QED) is 0.124. The Morgan fingerprint density at radius 3 is 2.26 bits per heavy atom. The molecule has 2 aromatic rings. The van der Waals surface area contributed by atoms with E-state index in [1.165, 1.54) is 12.1 Å². The Morgan fingerprint density at radius 1 is 1.16 bits per heavy atom. The highest BCUT2D eigenvalue weighted by atomic mass is 35.5. The molecule has 11 heteroatoms. The van der Waals surface area contributed by atoms with Gasteiger partial charge in [-0.1, -0.05) is 0 Å². The Bertz CT molecular complexity index is 882. The standard InChI is InChI=1S/C20H26FN5O3.2ClH/c1-4-28-16-9-14(15(21)10-17(16)29-11(2)3)18(20(27)26-24)25-13-7-5-12(6-8-13)19(22)23;;/h5-11,18,25H,4,24H2,1-3H3,(H3,22,23)(H,26,27);2*1H. The zero-order valence-corrected chi connectivity index (χ0v) is 19.0. The Morgan fingerprint density at radius 2 is 1.77 bits per heavy atom. The number of carbonyl (C=O) groups excluding carboxylic acids is 1. The molecule has 0 saturated heterocycles. The van der Waals surface area contributed by atoms with E-state index in [-0.39, 0.29) is 48.1 Å². The molecule has 0 spiro atoms. The molecule has 1 unspecified atom stereocenters. The fraction of sp³-hybridized carbons (Fsp3) is 0.300. The van der Waals surface area contributed by atoms with Gasteiger partial charge in [-0.25, -0.2) is 10.2 Å². The van der Waals surface area contributed by atoms with Gasteiger partial charge in [0.05, 0.1) is 12.7 Å². The molecule has 8 nitrogen and oxygen atoms in total. The van der Waals surface area contributed by atoms with Crippen molar-refractivity contribution in [3.05, 3.63) is 53.3 Å². The van der Waals surface area contributed by atoms with Gasteiger partial charge in [-0.3, -0.25) is 15.6 Å². The minimum Gasteiger partial charge on any atom is -0.490 e. The second-order valence-corrected chi connectivity index (χ2v) is 6.50. The van der Waals surface area contributed by atoms with Crippen LogP contribution in [-0.4, -0.2) is 24.5 Å². The maximum atomic E-state index is 14.9. The number of benzene rings is 2. The van der Waals surface area contributed by atoms with Crippen molar-refractivity contribution in [2.75, 3.05) is 11.9 Å². The van der Waals surface area contributed by atoms with Crippen molar-refractivity contribution < 1.29 is 18.7 Å². The lowest BCUT2D eigenvalue weighted by Gasteiger charge is -2.22.